The normalized spacial score (nSPS) is 15.7. The molecule has 36 heavy (non-hydrogen) atoms. The number of carbonyl (C=O) groups excluding carboxylic acids is 1. The Morgan fingerprint density at radius 2 is 1.83 bits per heavy atom. The zero-order chi connectivity index (χ0) is 25.2. The summed E-state index contributed by atoms with van der Waals surface area (Å²) in [5.74, 6) is -0.0232. The van der Waals surface area contributed by atoms with Crippen LogP contribution in [0.5, 0.6) is 0 Å². The van der Waals surface area contributed by atoms with Crippen molar-refractivity contribution in [2.75, 3.05) is 6.61 Å². The summed E-state index contributed by atoms with van der Waals surface area (Å²) in [7, 11) is 0. The number of ether oxygens (including phenoxy) is 1. The highest BCUT2D eigenvalue weighted by molar-refractivity contribution is 7.10. The van der Waals surface area contributed by atoms with Crippen molar-refractivity contribution in [2.24, 2.45) is 4.99 Å². The second-order valence-corrected chi connectivity index (χ2v) is 10.8. The molecule has 0 spiro atoms. The maximum Gasteiger partial charge on any atom is 0.338 e. The molecule has 0 amide bonds. The van der Waals surface area contributed by atoms with Gasteiger partial charge < -0.3 is 4.74 Å². The average Bonchev–Trinajstić information content (AvgIpc) is 3.52. The van der Waals surface area contributed by atoms with Crippen LogP contribution in [0.3, 0.4) is 0 Å². The number of fused-ring (bicyclic) bond motifs is 1. The van der Waals surface area contributed by atoms with Crippen LogP contribution in [0, 0.1) is 0 Å². The Balaban J connectivity index is 1.76. The quantitative estimate of drug-likeness (QED) is 0.336. The van der Waals surface area contributed by atoms with Crippen molar-refractivity contribution < 1.29 is 9.53 Å². The van der Waals surface area contributed by atoms with Crippen LogP contribution in [0.15, 0.2) is 87.5 Å². The molecule has 5 nitrogen and oxygen atoms in total. The van der Waals surface area contributed by atoms with Gasteiger partial charge in [-0.3, -0.25) is 9.36 Å². The molecule has 3 heterocycles. The van der Waals surface area contributed by atoms with E-state index in [0.29, 0.717) is 26.5 Å². The molecule has 0 bridgehead atoms. The molecule has 1 aliphatic heterocycles. The number of hydrogen-bond acceptors (Lipinski definition) is 6. The summed E-state index contributed by atoms with van der Waals surface area (Å²) >= 11 is 2.85. The Hall–Kier alpha value is -3.55. The molecule has 0 saturated carbocycles. The van der Waals surface area contributed by atoms with Crippen LogP contribution in [0.2, 0.25) is 0 Å². The molecule has 182 valence electrons. The second-order valence-electron chi connectivity index (χ2n) is 8.77. The SMILES string of the molecule is CCOC(=O)C1=C(c2ccccc2)N=c2s/c(=C\c3ccc(C(C)C)cc3)c(=O)n2C1c1cccs1. The summed E-state index contributed by atoms with van der Waals surface area (Å²) in [5, 5.41) is 1.95. The van der Waals surface area contributed by atoms with Crippen LogP contribution < -0.4 is 14.9 Å². The first kappa shape index (κ1) is 24.2. The molecule has 0 N–H and O–H groups in total. The first-order valence-corrected chi connectivity index (χ1v) is 13.6. The highest BCUT2D eigenvalue weighted by atomic mass is 32.1. The van der Waals surface area contributed by atoms with Crippen LogP contribution >= 0.6 is 22.7 Å². The van der Waals surface area contributed by atoms with E-state index < -0.39 is 12.0 Å². The number of rotatable bonds is 6. The van der Waals surface area contributed by atoms with Gasteiger partial charge in [0.05, 0.1) is 22.4 Å². The first-order chi connectivity index (χ1) is 17.5. The van der Waals surface area contributed by atoms with Gasteiger partial charge in [-0.25, -0.2) is 9.79 Å². The molecule has 4 aromatic rings. The fourth-order valence-corrected chi connectivity index (χ4v) is 6.11. The molecule has 5 rings (SSSR count). The van der Waals surface area contributed by atoms with Crippen LogP contribution in [0.4, 0.5) is 0 Å². The minimum Gasteiger partial charge on any atom is -0.463 e. The van der Waals surface area contributed by atoms with Crippen molar-refractivity contribution in [1.29, 1.82) is 0 Å². The molecule has 1 unspecified atom stereocenters. The number of esters is 1. The smallest absolute Gasteiger partial charge is 0.338 e. The number of thiazole rings is 1. The number of nitrogens with zero attached hydrogens (tertiary/aromatic N) is 2. The molecule has 1 aliphatic rings. The number of thiophene rings is 1. The molecule has 2 aromatic carbocycles. The zero-order valence-corrected chi connectivity index (χ0v) is 21.9. The Morgan fingerprint density at radius 3 is 2.47 bits per heavy atom. The number of benzene rings is 2. The maximum absolute atomic E-state index is 13.8. The predicted molar refractivity (Wildman–Crippen MR) is 146 cm³/mol. The van der Waals surface area contributed by atoms with E-state index in [9.17, 15) is 9.59 Å². The standard InChI is InChI=1S/C29H26N2O3S2/c1-4-34-28(33)24-25(21-9-6-5-7-10-21)30-29-31(26(24)22-11-8-16-35-22)27(32)23(36-29)17-19-12-14-20(15-13-19)18(2)3/h5-18,26H,4H2,1-3H3/b23-17-. The van der Waals surface area contributed by atoms with E-state index in [0.717, 1.165) is 16.0 Å². The van der Waals surface area contributed by atoms with E-state index in [1.807, 2.05) is 66.1 Å². The minimum atomic E-state index is -0.610. The van der Waals surface area contributed by atoms with Gasteiger partial charge in [0.1, 0.15) is 6.04 Å². The van der Waals surface area contributed by atoms with Crippen LogP contribution in [-0.2, 0) is 9.53 Å². The molecule has 0 fully saturated rings. The number of carbonyl (C=O) groups is 1. The van der Waals surface area contributed by atoms with Crippen molar-refractivity contribution in [1.82, 2.24) is 4.57 Å². The largest absolute Gasteiger partial charge is 0.463 e. The van der Waals surface area contributed by atoms with E-state index in [4.69, 9.17) is 9.73 Å². The summed E-state index contributed by atoms with van der Waals surface area (Å²) < 4.78 is 7.69. The summed E-state index contributed by atoms with van der Waals surface area (Å²) in [5.41, 5.74) is 3.76. The number of hydrogen-bond donors (Lipinski definition) is 0. The summed E-state index contributed by atoms with van der Waals surface area (Å²) in [6, 6.07) is 21.1. The summed E-state index contributed by atoms with van der Waals surface area (Å²) in [6.07, 6.45) is 1.90. The molecule has 2 aromatic heterocycles. The Labute approximate surface area is 217 Å². The lowest BCUT2D eigenvalue weighted by Crippen LogP contribution is -2.39. The van der Waals surface area contributed by atoms with E-state index in [2.05, 4.69) is 26.0 Å². The van der Waals surface area contributed by atoms with E-state index in [1.54, 1.807) is 11.5 Å². The Morgan fingerprint density at radius 1 is 1.08 bits per heavy atom. The van der Waals surface area contributed by atoms with Gasteiger partial charge in [0, 0.05) is 10.4 Å². The highest BCUT2D eigenvalue weighted by Gasteiger charge is 2.35. The fourth-order valence-electron chi connectivity index (χ4n) is 4.28. The molecule has 1 atom stereocenters. The third-order valence-corrected chi connectivity index (χ3v) is 7.99. The molecule has 0 radical (unpaired) electrons. The predicted octanol–water partition coefficient (Wildman–Crippen LogP) is 5.12. The monoisotopic (exact) mass is 514 g/mol. The summed E-state index contributed by atoms with van der Waals surface area (Å²) in [4.78, 5) is 33.4. The Kier molecular flexibility index (Phi) is 6.85. The van der Waals surface area contributed by atoms with Crippen molar-refractivity contribution in [3.05, 3.63) is 119 Å². The van der Waals surface area contributed by atoms with Crippen LogP contribution in [0.1, 0.15) is 54.3 Å². The third kappa shape index (κ3) is 4.52. The van der Waals surface area contributed by atoms with Gasteiger partial charge in [0.15, 0.2) is 4.80 Å². The molecule has 0 aliphatic carbocycles. The maximum atomic E-state index is 13.8. The van der Waals surface area contributed by atoms with E-state index >= 15 is 0 Å². The van der Waals surface area contributed by atoms with Gasteiger partial charge in [-0.1, -0.05) is 85.8 Å². The van der Waals surface area contributed by atoms with Crippen molar-refractivity contribution in [3.8, 4) is 0 Å². The van der Waals surface area contributed by atoms with Crippen molar-refractivity contribution in [3.63, 3.8) is 0 Å². The third-order valence-electron chi connectivity index (χ3n) is 6.09. The van der Waals surface area contributed by atoms with Crippen LogP contribution in [-0.4, -0.2) is 17.1 Å². The minimum absolute atomic E-state index is 0.168. The zero-order valence-electron chi connectivity index (χ0n) is 20.3. The molecule has 7 heteroatoms. The second kappa shape index (κ2) is 10.2. The lowest BCUT2D eigenvalue weighted by Gasteiger charge is -2.24. The lowest BCUT2D eigenvalue weighted by molar-refractivity contribution is -0.138. The molecule has 0 saturated heterocycles. The molecular weight excluding hydrogens is 488 g/mol. The molecular formula is C29H26N2O3S2. The average molecular weight is 515 g/mol. The van der Waals surface area contributed by atoms with E-state index in [-0.39, 0.29) is 12.2 Å². The number of aromatic nitrogens is 1. The van der Waals surface area contributed by atoms with Gasteiger partial charge in [0.2, 0.25) is 0 Å². The summed E-state index contributed by atoms with van der Waals surface area (Å²) in [6.45, 7) is 6.32. The van der Waals surface area contributed by atoms with Crippen molar-refractivity contribution in [2.45, 2.75) is 32.7 Å². The van der Waals surface area contributed by atoms with Gasteiger partial charge in [-0.15, -0.1) is 11.3 Å². The topological polar surface area (TPSA) is 60.7 Å². The van der Waals surface area contributed by atoms with Gasteiger partial charge in [-0.2, -0.15) is 0 Å². The van der Waals surface area contributed by atoms with Crippen molar-refractivity contribution >= 4 is 40.4 Å². The van der Waals surface area contributed by atoms with Gasteiger partial charge in [-0.05, 0) is 41.5 Å². The fraction of sp³-hybridized carbons (Fsp3) is 0.207. The van der Waals surface area contributed by atoms with Crippen LogP contribution in [0.25, 0.3) is 11.8 Å². The van der Waals surface area contributed by atoms with Gasteiger partial charge in [0.25, 0.3) is 5.56 Å². The first-order valence-electron chi connectivity index (χ1n) is 11.9. The lowest BCUT2D eigenvalue weighted by atomic mass is 9.97. The highest BCUT2D eigenvalue weighted by Crippen LogP contribution is 2.36. The Bertz CT molecular complexity index is 1590. The van der Waals surface area contributed by atoms with Gasteiger partial charge >= 0.3 is 5.97 Å². The van der Waals surface area contributed by atoms with E-state index in [1.165, 1.54) is 28.2 Å².